The molecule has 2 aromatic heterocycles. The van der Waals surface area contributed by atoms with Crippen molar-refractivity contribution in [3.8, 4) is 61.1 Å². The number of thiophene rings is 2. The molecule has 11 aromatic rings. The quantitative estimate of drug-likeness (QED) is 0.0137. The lowest BCUT2D eigenvalue weighted by molar-refractivity contribution is -0.122. The molecule has 9 aliphatic heterocycles. The fourth-order valence-corrected chi connectivity index (χ4v) is 25.0. The van der Waals surface area contributed by atoms with E-state index in [2.05, 4.69) is 59.9 Å². The van der Waals surface area contributed by atoms with Gasteiger partial charge in [0.2, 0.25) is 5.36 Å². The average Bonchev–Trinajstić information content (AvgIpc) is 1.38. The van der Waals surface area contributed by atoms with Crippen LogP contribution in [0.2, 0.25) is 0 Å². The molecule has 0 bridgehead atoms. The molecule has 3 N–H and O–H groups in total. The summed E-state index contributed by atoms with van der Waals surface area (Å²) in [7, 11) is 3.14. The highest BCUT2D eigenvalue weighted by molar-refractivity contribution is 8.00. The fourth-order valence-electron chi connectivity index (χ4n) is 19.4. The van der Waals surface area contributed by atoms with Gasteiger partial charge in [0, 0.05) is 224 Å². The molecule has 20 rings (SSSR count). The minimum absolute atomic E-state index is 0. The molecule has 2 fully saturated rings. The van der Waals surface area contributed by atoms with Gasteiger partial charge in [-0.15, -0.1) is 47.1 Å². The van der Waals surface area contributed by atoms with Crippen molar-refractivity contribution in [1.29, 1.82) is 0 Å². The van der Waals surface area contributed by atoms with Crippen molar-refractivity contribution in [1.82, 2.24) is 15.2 Å². The van der Waals surface area contributed by atoms with E-state index in [9.17, 15) is 51.6 Å². The topological polar surface area (TPSA) is 331 Å². The Kier molecular flexibility index (Phi) is 28.6. The summed E-state index contributed by atoms with van der Waals surface area (Å²) in [5.41, 5.74) is 10.0. The number of phenolic OH excluding ortho intramolecular Hbond substituents is 1. The van der Waals surface area contributed by atoms with Gasteiger partial charge in [0.25, 0.3) is 0 Å². The Balaban J connectivity index is 0.000000149. The number of esters is 2. The standard InChI is InChI=1S/C41H38F2N2O5S4.C28H28N2O4.C25H20O5.C13H22N2O2S.CH4.O3S/c1-19(2)30(46)18-52-33-15-27(42)39(54(47,48)49)35(36(33)43)34-23-13-21-28(44(8)40(4,5)25-10-11-51-37(21)25)16-31(23)50-32-17-29-22(14-24(32)34)38-26(12-20(3)53-38)41(6,7)45(29)9;1-16(2)26(31)17-7-10-20-23(13-17)28(34-27(20)32)21-11-8-18(29(3)4)14-24(21)33-25-15-19(30(5)6)9-12-22(25)28;1-13(2)23(27)15-5-7-17-20(11-15)25(30-24(17)28)18-8-4-14(3)10-21(18)29-22-12-16(26)6-9-19(22)25;1-8(2)10(16)5-3-4-6-11-12-9(7-18-11)14-13(17)15-12;;1-4(2)3/h10-17,19H,18H2,1-9H3;7-16H,1-6H3;4-13,26H,1-3H3;8-9,11-12H,3-7H2,1-2H3,(H2,14,15,17);1H4;/t;;;9-,11-,12-;;/m...0../s1. The summed E-state index contributed by atoms with van der Waals surface area (Å²) in [4.78, 5) is 94.6. The third-order valence-electron chi connectivity index (χ3n) is 27.4. The van der Waals surface area contributed by atoms with Crippen molar-refractivity contribution in [2.75, 3.05) is 68.5 Å². The number of aryl methyl sites for hydroxylation is 2. The summed E-state index contributed by atoms with van der Waals surface area (Å²) >= 11 is 5.88. The molecule has 2 spiro atoms. The SMILES string of the molecule is C.CC(C)C(=O)CCCC[C@@H]1SC[C@@H]2NC(=O)N[C@@H]21.CC(C)C(=O)c1ccc2c(c1)C1(OC2=O)c2ccc(N(C)C)cc2Oc2cc(N(C)C)ccc21.Cc1cc2c(s1)-c1cc3c(cc1=[N+](C)C2(C)C)Oc1cc2c(cc1C=3c1c(F)c(SCC(=O)C(C)C)cc(F)c1S(=O)(=O)[O-])-c1sccc1C(C)(C)N2C.Cc1ccc2c(c1)Oc1cc(O)ccc1C21OC(=O)c2ccc(C(=O)C(C)C)cc21.O=S(=O)=O. The van der Waals surface area contributed by atoms with Crippen molar-refractivity contribution in [2.24, 2.45) is 23.7 Å². The molecule has 2 saturated heterocycles. The number of nitrogens with zero attached hydrogens (tertiary/aromatic N) is 4. The zero-order chi connectivity index (χ0) is 101. The van der Waals surface area contributed by atoms with Crippen LogP contribution in [-0.4, -0.2) is 143 Å². The third kappa shape index (κ3) is 18.7. The van der Waals surface area contributed by atoms with Crippen LogP contribution in [0.15, 0.2) is 167 Å². The molecule has 738 valence electrons. The van der Waals surface area contributed by atoms with Crippen LogP contribution >= 0.6 is 46.2 Å². The van der Waals surface area contributed by atoms with Gasteiger partial charge in [-0.2, -0.15) is 11.8 Å². The first-order chi connectivity index (χ1) is 66.0. The lowest BCUT2D eigenvalue weighted by Gasteiger charge is -2.43. The number of rotatable bonds is 18. The first-order valence-corrected chi connectivity index (χ1v) is 52.1. The Morgan fingerprint density at radius 2 is 1.14 bits per heavy atom. The summed E-state index contributed by atoms with van der Waals surface area (Å²) in [6.45, 7) is 27.3. The number of phenols is 1. The Bertz CT molecular complexity index is 7330. The van der Waals surface area contributed by atoms with Crippen LogP contribution < -0.4 is 54.7 Å². The number of fused-ring (bicyclic) bond motifs is 21. The number of ketones is 4. The van der Waals surface area contributed by atoms with Gasteiger partial charge in [-0.1, -0.05) is 93.5 Å². The van der Waals surface area contributed by atoms with Crippen LogP contribution in [0.5, 0.6) is 40.2 Å². The van der Waals surface area contributed by atoms with Crippen molar-refractivity contribution in [2.45, 2.75) is 179 Å². The molecular formula is C108H112F2N6O19S6. The number of nitrogens with one attached hydrogen (secondary N) is 2. The smallest absolute Gasteiger partial charge is 0.425 e. The molecule has 141 heavy (non-hydrogen) atoms. The minimum atomic E-state index is -5.59. The van der Waals surface area contributed by atoms with E-state index in [1.54, 1.807) is 72.9 Å². The van der Waals surface area contributed by atoms with Crippen molar-refractivity contribution in [3.63, 3.8) is 0 Å². The number of hydrogen-bond donors (Lipinski definition) is 3. The maximum Gasteiger partial charge on any atom is 0.425 e. The molecule has 9 aliphatic rings. The van der Waals surface area contributed by atoms with Crippen LogP contribution in [0.25, 0.3) is 26.5 Å². The first-order valence-electron chi connectivity index (χ1n) is 46.0. The van der Waals surface area contributed by atoms with Crippen molar-refractivity contribution < 1.29 is 96.7 Å². The van der Waals surface area contributed by atoms with Gasteiger partial charge in [-0.3, -0.25) is 19.2 Å². The number of benzene rings is 9. The van der Waals surface area contributed by atoms with Crippen LogP contribution in [0, 0.1) is 49.2 Å². The van der Waals surface area contributed by atoms with Gasteiger partial charge in [0.1, 0.15) is 85.5 Å². The highest BCUT2D eigenvalue weighted by Gasteiger charge is 2.57. The average molecular weight is 2030 g/mol. The van der Waals surface area contributed by atoms with E-state index in [-0.39, 0.29) is 76.5 Å². The van der Waals surface area contributed by atoms with E-state index >= 15 is 8.78 Å². The molecule has 2 amide bonds. The number of thioether (sulfide) groups is 2. The number of carbonyl (C=O) groups is 7. The Morgan fingerprint density at radius 3 is 1.69 bits per heavy atom. The number of anilines is 3. The lowest BCUT2D eigenvalue weighted by Crippen LogP contribution is -2.46. The van der Waals surface area contributed by atoms with Crippen LogP contribution in [-0.2, 0) is 62.1 Å². The highest BCUT2D eigenvalue weighted by Crippen LogP contribution is 2.61. The van der Waals surface area contributed by atoms with Crippen LogP contribution in [0.3, 0.4) is 0 Å². The first kappa shape index (κ1) is 103. The van der Waals surface area contributed by atoms with Gasteiger partial charge in [-0.05, 0) is 154 Å². The van der Waals surface area contributed by atoms with Crippen LogP contribution in [0.1, 0.15) is 224 Å². The van der Waals surface area contributed by atoms with Gasteiger partial charge in [-0.25, -0.2) is 36.2 Å². The van der Waals surface area contributed by atoms with E-state index in [1.807, 2.05) is 210 Å². The molecule has 0 saturated carbocycles. The van der Waals surface area contributed by atoms with Gasteiger partial charge < -0.3 is 58.7 Å². The van der Waals surface area contributed by atoms with E-state index in [0.717, 1.165) is 113 Å². The second kappa shape index (κ2) is 39.2. The number of ether oxygens (including phenoxy) is 5. The zero-order valence-electron chi connectivity index (χ0n) is 81.1. The summed E-state index contributed by atoms with van der Waals surface area (Å²) in [5, 5.41) is 19.6. The number of Topliss-reactive ketones (excluding diaryl/α,β-unsaturated/α-hetero) is 4. The number of halogens is 2. The fraction of sp³-hybridized carbons (Fsp3) is 0.352. The monoisotopic (exact) mass is 2030 g/mol. The largest absolute Gasteiger partial charge is 0.744 e. The number of urea groups is 1. The Labute approximate surface area is 836 Å². The summed E-state index contributed by atoms with van der Waals surface area (Å²) in [5.74, 6) is -0.00756. The van der Waals surface area contributed by atoms with Crippen molar-refractivity contribution >= 4 is 131 Å². The summed E-state index contributed by atoms with van der Waals surface area (Å²) in [6, 6.07) is 45.5. The number of amides is 2. The second-order valence-electron chi connectivity index (χ2n) is 38.9. The van der Waals surface area contributed by atoms with E-state index < -0.39 is 77.0 Å². The molecule has 9 aromatic carbocycles. The highest BCUT2D eigenvalue weighted by atomic mass is 32.2. The van der Waals surface area contributed by atoms with Crippen LogP contribution in [0.4, 0.5) is 30.6 Å². The van der Waals surface area contributed by atoms with E-state index in [4.69, 9.17) is 36.3 Å². The zero-order valence-corrected chi connectivity index (χ0v) is 86.0. The number of unbranched alkanes of at least 4 members (excludes halogenated alkanes) is 1. The predicted molar refractivity (Wildman–Crippen MR) is 545 cm³/mol. The van der Waals surface area contributed by atoms with Gasteiger partial charge in [0.15, 0.2) is 28.3 Å². The molecule has 1 unspecified atom stereocenters. The Hall–Kier alpha value is -12.4. The molecule has 0 aliphatic carbocycles. The van der Waals surface area contributed by atoms with Gasteiger partial charge in [0.05, 0.1) is 51.0 Å². The molecular weight excluding hydrogens is 1920 g/mol. The number of hydrogen-bond acceptors (Lipinski definition) is 26. The lowest BCUT2D eigenvalue weighted by atomic mass is 9.76. The maximum atomic E-state index is 17.3. The predicted octanol–water partition coefficient (Wildman–Crippen LogP) is 20.3. The normalized spacial score (nSPS) is 17.7. The second-order valence-corrected chi connectivity index (χ2v) is 45.1. The number of aromatic hydroxyl groups is 1. The molecule has 11 heterocycles. The van der Waals surface area contributed by atoms with Gasteiger partial charge >= 0.3 is 28.6 Å². The summed E-state index contributed by atoms with van der Waals surface area (Å²) < 4.78 is 132. The third-order valence-corrected chi connectivity index (χ3v) is 32.9. The van der Waals surface area contributed by atoms with E-state index in [0.29, 0.717) is 125 Å². The summed E-state index contributed by atoms with van der Waals surface area (Å²) in [6.07, 6.45) is 3.86. The molecule has 4 atom stereocenters. The maximum absolute atomic E-state index is 17.3. The van der Waals surface area contributed by atoms with Crippen molar-refractivity contribution in [3.05, 3.63) is 268 Å². The molecule has 33 heteroatoms. The van der Waals surface area contributed by atoms with E-state index in [1.165, 1.54) is 12.1 Å². The Morgan fingerprint density at radius 1 is 0.603 bits per heavy atom. The minimum Gasteiger partial charge on any atom is -0.744 e. The number of carbonyl (C=O) groups excluding carboxylic acids is 7. The molecule has 0 radical (unpaired) electrons. The molecule has 25 nitrogen and oxygen atoms in total.